The number of hydrogen-bond donors (Lipinski definition) is 2. The summed E-state index contributed by atoms with van der Waals surface area (Å²) in [5.41, 5.74) is 4.04. The number of aliphatic hydroxyl groups is 1. The van der Waals surface area contributed by atoms with E-state index in [4.69, 9.17) is 5.11 Å². The van der Waals surface area contributed by atoms with E-state index in [1.807, 2.05) is 10.9 Å². The van der Waals surface area contributed by atoms with Gasteiger partial charge in [0.2, 0.25) is 0 Å². The molecule has 2 aromatic heterocycles. The van der Waals surface area contributed by atoms with Gasteiger partial charge < -0.3 is 10.4 Å². The van der Waals surface area contributed by atoms with Gasteiger partial charge in [0.1, 0.15) is 0 Å². The first-order valence-corrected chi connectivity index (χ1v) is 8.64. The summed E-state index contributed by atoms with van der Waals surface area (Å²) in [6.45, 7) is 3.01. The maximum Gasteiger partial charge on any atom is 0.0644 e. The highest BCUT2D eigenvalue weighted by Crippen LogP contribution is 2.30. The maximum atomic E-state index is 9.12. The van der Waals surface area contributed by atoms with Crippen LogP contribution < -0.4 is 5.32 Å². The third-order valence-electron chi connectivity index (χ3n) is 4.18. The van der Waals surface area contributed by atoms with Crippen molar-refractivity contribution in [2.45, 2.75) is 51.2 Å². The maximum absolute atomic E-state index is 9.12. The number of nitrogens with zero attached hydrogens (tertiary/aromatic N) is 2. The second kappa shape index (κ2) is 6.73. The van der Waals surface area contributed by atoms with Gasteiger partial charge in [-0.15, -0.1) is 0 Å². The Morgan fingerprint density at radius 3 is 3.24 bits per heavy atom. The molecule has 2 unspecified atom stereocenters. The molecule has 3 rings (SSSR count). The monoisotopic (exact) mass is 305 g/mol. The molecule has 0 saturated carbocycles. The summed E-state index contributed by atoms with van der Waals surface area (Å²) >= 11 is 1.76. The molecule has 2 heterocycles. The highest BCUT2D eigenvalue weighted by atomic mass is 32.1. The van der Waals surface area contributed by atoms with Crippen molar-refractivity contribution >= 4 is 11.3 Å². The van der Waals surface area contributed by atoms with Crippen LogP contribution in [0.3, 0.4) is 0 Å². The molecule has 2 atom stereocenters. The highest BCUT2D eigenvalue weighted by Gasteiger charge is 2.25. The molecule has 1 aliphatic rings. The lowest BCUT2D eigenvalue weighted by molar-refractivity contribution is 0.266. The summed E-state index contributed by atoms with van der Waals surface area (Å²) in [7, 11) is 0. The van der Waals surface area contributed by atoms with Gasteiger partial charge in [-0.3, -0.25) is 4.68 Å². The molecule has 114 valence electrons. The van der Waals surface area contributed by atoms with E-state index in [2.05, 4.69) is 34.2 Å². The lowest BCUT2D eigenvalue weighted by Crippen LogP contribution is -2.34. The number of thiophene rings is 1. The van der Waals surface area contributed by atoms with Gasteiger partial charge in [0.15, 0.2) is 0 Å². The molecule has 4 nitrogen and oxygen atoms in total. The van der Waals surface area contributed by atoms with Crippen LogP contribution in [0, 0.1) is 0 Å². The molecule has 2 N–H and O–H groups in total. The third kappa shape index (κ3) is 3.36. The van der Waals surface area contributed by atoms with Crippen molar-refractivity contribution in [1.82, 2.24) is 15.1 Å². The Hall–Kier alpha value is -1.17. The van der Waals surface area contributed by atoms with Gasteiger partial charge in [0.25, 0.3) is 0 Å². The Kier molecular flexibility index (Phi) is 4.73. The van der Waals surface area contributed by atoms with Crippen LogP contribution >= 0.6 is 11.3 Å². The molecule has 0 bridgehead atoms. The average Bonchev–Trinajstić information content (AvgIpc) is 3.10. The van der Waals surface area contributed by atoms with Crippen molar-refractivity contribution in [1.29, 1.82) is 0 Å². The Balaban J connectivity index is 1.67. The molecule has 0 amide bonds. The van der Waals surface area contributed by atoms with E-state index >= 15 is 0 Å². The first kappa shape index (κ1) is 14.8. The minimum atomic E-state index is 0.154. The fourth-order valence-corrected chi connectivity index (χ4v) is 3.93. The Labute approximate surface area is 129 Å². The fourth-order valence-electron chi connectivity index (χ4n) is 3.24. The molecule has 2 aromatic rings. The van der Waals surface area contributed by atoms with Crippen LogP contribution in [0.1, 0.15) is 42.6 Å². The van der Waals surface area contributed by atoms with Gasteiger partial charge in [-0.05, 0) is 55.0 Å². The van der Waals surface area contributed by atoms with E-state index in [1.54, 1.807) is 11.3 Å². The molecule has 0 saturated heterocycles. The molecule has 21 heavy (non-hydrogen) atoms. The van der Waals surface area contributed by atoms with Crippen LogP contribution in [0.2, 0.25) is 0 Å². The molecule has 0 fully saturated rings. The Bertz CT molecular complexity index is 564. The fraction of sp³-hybridized carbons (Fsp3) is 0.562. The van der Waals surface area contributed by atoms with Gasteiger partial charge in [0.05, 0.1) is 19.3 Å². The summed E-state index contributed by atoms with van der Waals surface area (Å²) in [6.07, 6.45) is 6.49. The molecular weight excluding hydrogens is 282 g/mol. The lowest BCUT2D eigenvalue weighted by atomic mass is 9.92. The van der Waals surface area contributed by atoms with Crippen LogP contribution in [-0.2, 0) is 19.4 Å². The molecule has 0 spiro atoms. The highest BCUT2D eigenvalue weighted by molar-refractivity contribution is 7.07. The van der Waals surface area contributed by atoms with E-state index in [0.717, 1.165) is 12.8 Å². The van der Waals surface area contributed by atoms with Crippen molar-refractivity contribution in [3.8, 4) is 0 Å². The van der Waals surface area contributed by atoms with Gasteiger partial charge in [-0.2, -0.15) is 16.4 Å². The second-order valence-corrected chi connectivity index (χ2v) is 6.62. The summed E-state index contributed by atoms with van der Waals surface area (Å²) in [5, 5.41) is 21.7. The molecule has 0 aliphatic heterocycles. The van der Waals surface area contributed by atoms with Crippen LogP contribution in [0.4, 0.5) is 0 Å². The lowest BCUT2D eigenvalue weighted by Gasteiger charge is -2.27. The molecule has 0 aromatic carbocycles. The summed E-state index contributed by atoms with van der Waals surface area (Å²) in [5.74, 6) is 0. The van der Waals surface area contributed by atoms with E-state index in [-0.39, 0.29) is 6.61 Å². The molecule has 5 heteroatoms. The van der Waals surface area contributed by atoms with Gasteiger partial charge in [-0.25, -0.2) is 0 Å². The normalized spacial score (nSPS) is 19.4. The molecular formula is C16H23N3OS. The standard InChI is InChI=1S/C16H23N3OS/c1-12(9-13-5-8-21-11-13)18-15-3-2-4-16-14(15)10-17-19(16)6-7-20/h5,8,10-12,15,18,20H,2-4,6-7,9H2,1H3. The van der Waals surface area contributed by atoms with Gasteiger partial charge in [-0.1, -0.05) is 0 Å². The van der Waals surface area contributed by atoms with Gasteiger partial charge >= 0.3 is 0 Å². The van der Waals surface area contributed by atoms with Crippen molar-refractivity contribution in [2.75, 3.05) is 6.61 Å². The SMILES string of the molecule is CC(Cc1ccsc1)NC1CCCc2c1cnn2CCO. The number of nitrogens with one attached hydrogen (secondary N) is 1. The van der Waals surface area contributed by atoms with Crippen LogP contribution in [0.5, 0.6) is 0 Å². The third-order valence-corrected chi connectivity index (χ3v) is 4.91. The number of aliphatic hydroxyl groups excluding tert-OH is 1. The smallest absolute Gasteiger partial charge is 0.0644 e. The van der Waals surface area contributed by atoms with E-state index in [0.29, 0.717) is 18.6 Å². The largest absolute Gasteiger partial charge is 0.394 e. The number of hydrogen-bond acceptors (Lipinski definition) is 4. The van der Waals surface area contributed by atoms with Crippen LogP contribution in [0.25, 0.3) is 0 Å². The predicted molar refractivity (Wildman–Crippen MR) is 85.6 cm³/mol. The Morgan fingerprint density at radius 1 is 1.57 bits per heavy atom. The van der Waals surface area contributed by atoms with E-state index < -0.39 is 0 Å². The summed E-state index contributed by atoms with van der Waals surface area (Å²) < 4.78 is 1.96. The van der Waals surface area contributed by atoms with Crippen molar-refractivity contribution in [3.63, 3.8) is 0 Å². The van der Waals surface area contributed by atoms with Gasteiger partial charge in [0, 0.05) is 23.3 Å². The number of rotatable bonds is 6. The second-order valence-electron chi connectivity index (χ2n) is 5.84. The summed E-state index contributed by atoms with van der Waals surface area (Å²) in [4.78, 5) is 0. The minimum absolute atomic E-state index is 0.154. The molecule has 1 aliphatic carbocycles. The van der Waals surface area contributed by atoms with Crippen molar-refractivity contribution in [2.24, 2.45) is 0 Å². The topological polar surface area (TPSA) is 50.1 Å². The zero-order chi connectivity index (χ0) is 14.7. The zero-order valence-corrected chi connectivity index (χ0v) is 13.3. The van der Waals surface area contributed by atoms with E-state index in [1.165, 1.54) is 29.7 Å². The number of aromatic nitrogens is 2. The quantitative estimate of drug-likeness (QED) is 0.862. The first-order chi connectivity index (χ1) is 10.3. The average molecular weight is 305 g/mol. The Morgan fingerprint density at radius 2 is 2.48 bits per heavy atom. The van der Waals surface area contributed by atoms with Crippen molar-refractivity contribution < 1.29 is 5.11 Å². The van der Waals surface area contributed by atoms with E-state index in [9.17, 15) is 0 Å². The summed E-state index contributed by atoms with van der Waals surface area (Å²) in [6, 6.07) is 3.06. The van der Waals surface area contributed by atoms with Crippen molar-refractivity contribution in [3.05, 3.63) is 39.8 Å². The molecule has 0 radical (unpaired) electrons. The van der Waals surface area contributed by atoms with Crippen LogP contribution in [0.15, 0.2) is 23.0 Å². The van der Waals surface area contributed by atoms with Crippen LogP contribution in [-0.4, -0.2) is 27.5 Å². The first-order valence-electron chi connectivity index (χ1n) is 7.70. The number of fused-ring (bicyclic) bond motifs is 1. The minimum Gasteiger partial charge on any atom is -0.394 e. The predicted octanol–water partition coefficient (Wildman–Crippen LogP) is 2.54. The zero-order valence-electron chi connectivity index (χ0n) is 12.5.